The quantitative estimate of drug-likeness (QED) is 0.862. The van der Waals surface area contributed by atoms with Gasteiger partial charge in [-0.25, -0.2) is 4.68 Å². The predicted octanol–water partition coefficient (Wildman–Crippen LogP) is 1.62. The number of benzene rings is 1. The van der Waals surface area contributed by atoms with Gasteiger partial charge in [-0.15, -0.1) is 10.2 Å². The lowest BCUT2D eigenvalue weighted by molar-refractivity contribution is 0.101. The first-order chi connectivity index (χ1) is 7.66. The minimum atomic E-state index is -0.262. The van der Waals surface area contributed by atoms with Crippen molar-refractivity contribution >= 4 is 17.5 Å². The van der Waals surface area contributed by atoms with E-state index in [1.807, 2.05) is 6.92 Å². The zero-order chi connectivity index (χ0) is 11.5. The van der Waals surface area contributed by atoms with Crippen LogP contribution in [-0.2, 0) is 0 Å². The molecule has 1 N–H and O–H groups in total. The van der Waals surface area contributed by atoms with Crippen molar-refractivity contribution in [3.8, 4) is 0 Å². The lowest BCUT2D eigenvalue weighted by Gasteiger charge is -2.05. The molecule has 0 aliphatic carbocycles. The minimum absolute atomic E-state index is 0.262. The van der Waals surface area contributed by atoms with Crippen LogP contribution in [0.25, 0.3) is 0 Å². The van der Waals surface area contributed by atoms with E-state index >= 15 is 0 Å². The molecule has 0 aliphatic rings. The van der Waals surface area contributed by atoms with Crippen LogP contribution in [0.2, 0.25) is 5.02 Å². The Balaban J connectivity index is 2.18. The highest BCUT2D eigenvalue weighted by Gasteiger charge is 2.07. The average Bonchev–Trinajstić information content (AvgIpc) is 2.74. The van der Waals surface area contributed by atoms with Crippen LogP contribution in [-0.4, -0.2) is 20.8 Å². The molecule has 0 bridgehead atoms. The Morgan fingerprint density at radius 2 is 2.06 bits per heavy atom. The average molecular weight is 237 g/mol. The SMILES string of the molecule is Cc1ccc(C(=O)Nn2cnnc2)cc1Cl. The van der Waals surface area contributed by atoms with Crippen LogP contribution in [0.1, 0.15) is 15.9 Å². The monoisotopic (exact) mass is 236 g/mol. The topological polar surface area (TPSA) is 59.8 Å². The second-order valence-electron chi connectivity index (χ2n) is 3.27. The number of nitrogens with zero attached hydrogens (tertiary/aromatic N) is 3. The number of aryl methyl sites for hydroxylation is 1. The Kier molecular flexibility index (Phi) is 2.87. The van der Waals surface area contributed by atoms with Gasteiger partial charge in [-0.1, -0.05) is 17.7 Å². The molecule has 82 valence electrons. The van der Waals surface area contributed by atoms with Crippen molar-refractivity contribution in [1.29, 1.82) is 0 Å². The first kappa shape index (κ1) is 10.6. The fraction of sp³-hybridized carbons (Fsp3) is 0.100. The third-order valence-corrected chi connectivity index (χ3v) is 2.49. The number of hydrogen-bond acceptors (Lipinski definition) is 3. The Morgan fingerprint density at radius 3 is 2.69 bits per heavy atom. The molecule has 0 unspecified atom stereocenters. The Hall–Kier alpha value is -1.88. The van der Waals surface area contributed by atoms with Gasteiger partial charge in [-0.2, -0.15) is 0 Å². The molecule has 1 heterocycles. The maximum absolute atomic E-state index is 11.7. The van der Waals surface area contributed by atoms with Gasteiger partial charge >= 0.3 is 0 Å². The number of rotatable bonds is 2. The second kappa shape index (κ2) is 4.32. The first-order valence-corrected chi connectivity index (χ1v) is 4.97. The second-order valence-corrected chi connectivity index (χ2v) is 3.68. The van der Waals surface area contributed by atoms with Crippen molar-refractivity contribution in [2.24, 2.45) is 0 Å². The number of hydrogen-bond donors (Lipinski definition) is 1. The van der Waals surface area contributed by atoms with E-state index in [1.54, 1.807) is 18.2 Å². The smallest absolute Gasteiger partial charge is 0.267 e. The predicted molar refractivity (Wildman–Crippen MR) is 59.9 cm³/mol. The lowest BCUT2D eigenvalue weighted by atomic mass is 10.1. The number of aromatic nitrogens is 3. The first-order valence-electron chi connectivity index (χ1n) is 4.59. The van der Waals surface area contributed by atoms with Crippen molar-refractivity contribution in [1.82, 2.24) is 14.9 Å². The standard InChI is InChI=1S/C10H9ClN4O/c1-7-2-3-8(4-9(7)11)10(16)14-15-5-12-13-6-15/h2-6H,1H3,(H,14,16). The fourth-order valence-corrected chi connectivity index (χ4v) is 1.35. The zero-order valence-corrected chi connectivity index (χ0v) is 9.27. The lowest BCUT2D eigenvalue weighted by Crippen LogP contribution is -2.21. The van der Waals surface area contributed by atoms with Gasteiger partial charge in [0.15, 0.2) is 0 Å². The number of halogens is 1. The molecule has 1 aromatic heterocycles. The van der Waals surface area contributed by atoms with E-state index in [1.165, 1.54) is 17.3 Å². The molecule has 2 rings (SSSR count). The number of amides is 1. The maximum atomic E-state index is 11.7. The number of carbonyl (C=O) groups is 1. The van der Waals surface area contributed by atoms with E-state index in [0.717, 1.165) is 5.56 Å². The summed E-state index contributed by atoms with van der Waals surface area (Å²) in [7, 11) is 0. The molecule has 1 aromatic carbocycles. The Labute approximate surface area is 97.0 Å². The van der Waals surface area contributed by atoms with Crippen LogP contribution >= 0.6 is 11.6 Å². The molecule has 6 heteroatoms. The summed E-state index contributed by atoms with van der Waals surface area (Å²) in [5, 5.41) is 7.71. The highest BCUT2D eigenvalue weighted by atomic mass is 35.5. The van der Waals surface area contributed by atoms with Gasteiger partial charge in [0.05, 0.1) is 0 Å². The summed E-state index contributed by atoms with van der Waals surface area (Å²) in [6, 6.07) is 5.13. The molecule has 0 radical (unpaired) electrons. The molecule has 0 fully saturated rings. The summed E-state index contributed by atoms with van der Waals surface area (Å²) in [5.41, 5.74) is 4.00. The molecule has 16 heavy (non-hydrogen) atoms. The fourth-order valence-electron chi connectivity index (χ4n) is 1.17. The maximum Gasteiger partial charge on any atom is 0.270 e. The van der Waals surface area contributed by atoms with E-state index in [9.17, 15) is 4.79 Å². The molecule has 1 amide bonds. The van der Waals surface area contributed by atoms with Crippen molar-refractivity contribution in [3.63, 3.8) is 0 Å². The van der Waals surface area contributed by atoms with Gasteiger partial charge in [-0.3, -0.25) is 10.2 Å². The molecule has 0 saturated heterocycles. The molecule has 0 atom stereocenters. The van der Waals surface area contributed by atoms with Crippen LogP contribution in [0.15, 0.2) is 30.9 Å². The largest absolute Gasteiger partial charge is 0.270 e. The van der Waals surface area contributed by atoms with Gasteiger partial charge in [0.1, 0.15) is 12.7 Å². The summed E-state index contributed by atoms with van der Waals surface area (Å²) in [6.45, 7) is 1.88. The molecule has 2 aromatic rings. The van der Waals surface area contributed by atoms with Crippen molar-refractivity contribution in [3.05, 3.63) is 47.0 Å². The van der Waals surface area contributed by atoms with E-state index in [2.05, 4.69) is 15.6 Å². The zero-order valence-electron chi connectivity index (χ0n) is 8.51. The Bertz CT molecular complexity index is 510. The third-order valence-electron chi connectivity index (χ3n) is 2.08. The van der Waals surface area contributed by atoms with Crippen LogP contribution in [0.3, 0.4) is 0 Å². The van der Waals surface area contributed by atoms with E-state index < -0.39 is 0 Å². The molecule has 0 spiro atoms. The summed E-state index contributed by atoms with van der Waals surface area (Å²) >= 11 is 5.93. The van der Waals surface area contributed by atoms with E-state index in [-0.39, 0.29) is 5.91 Å². The minimum Gasteiger partial charge on any atom is -0.267 e. The normalized spacial score (nSPS) is 10.1. The van der Waals surface area contributed by atoms with E-state index in [4.69, 9.17) is 11.6 Å². The highest BCUT2D eigenvalue weighted by molar-refractivity contribution is 6.31. The molecule has 0 aliphatic heterocycles. The van der Waals surface area contributed by atoms with Crippen LogP contribution in [0, 0.1) is 6.92 Å². The molecular formula is C10H9ClN4O. The van der Waals surface area contributed by atoms with Crippen LogP contribution in [0.4, 0.5) is 0 Å². The van der Waals surface area contributed by atoms with Crippen LogP contribution < -0.4 is 5.43 Å². The van der Waals surface area contributed by atoms with Gasteiger partial charge in [0.25, 0.3) is 5.91 Å². The van der Waals surface area contributed by atoms with Crippen molar-refractivity contribution in [2.45, 2.75) is 6.92 Å². The van der Waals surface area contributed by atoms with Crippen molar-refractivity contribution < 1.29 is 4.79 Å². The molecule has 0 saturated carbocycles. The van der Waals surface area contributed by atoms with Crippen LogP contribution in [0.5, 0.6) is 0 Å². The van der Waals surface area contributed by atoms with Gasteiger partial charge < -0.3 is 0 Å². The molecule has 5 nitrogen and oxygen atoms in total. The third kappa shape index (κ3) is 2.20. The Morgan fingerprint density at radius 1 is 1.38 bits per heavy atom. The summed E-state index contributed by atoms with van der Waals surface area (Å²) in [4.78, 5) is 11.7. The molecular weight excluding hydrogens is 228 g/mol. The van der Waals surface area contributed by atoms with E-state index in [0.29, 0.717) is 10.6 Å². The van der Waals surface area contributed by atoms with Gasteiger partial charge in [-0.05, 0) is 24.6 Å². The van der Waals surface area contributed by atoms with Gasteiger partial charge in [0, 0.05) is 10.6 Å². The van der Waals surface area contributed by atoms with Gasteiger partial charge in [0.2, 0.25) is 0 Å². The summed E-state index contributed by atoms with van der Waals surface area (Å²) in [6.07, 6.45) is 2.79. The summed E-state index contributed by atoms with van der Waals surface area (Å²) < 4.78 is 1.37. The number of nitrogens with one attached hydrogen (secondary N) is 1. The van der Waals surface area contributed by atoms with Crippen molar-refractivity contribution in [2.75, 3.05) is 5.43 Å². The highest BCUT2D eigenvalue weighted by Crippen LogP contribution is 2.16. The summed E-state index contributed by atoms with van der Waals surface area (Å²) in [5.74, 6) is -0.262. The number of carbonyl (C=O) groups excluding carboxylic acids is 1.